The Labute approximate surface area is 392 Å². The molecule has 3 aliphatic heterocycles. The summed E-state index contributed by atoms with van der Waals surface area (Å²) in [6, 6.07) is 21.0. The molecule has 1 unspecified atom stereocenters. The van der Waals surface area contributed by atoms with Gasteiger partial charge in [0, 0.05) is 55.0 Å². The number of nitrogen functional groups attached to an aromatic ring is 1. The minimum absolute atomic E-state index is 0.00987. The van der Waals surface area contributed by atoms with E-state index in [0.717, 1.165) is 51.0 Å². The fourth-order valence-corrected chi connectivity index (χ4v) is 12.8. The number of allylic oxidation sites excluding steroid dienone is 1. The number of nitrogens with zero attached hydrogens (tertiary/aromatic N) is 4. The molecule has 2 saturated heterocycles. The number of halogens is 1. The standard InChI is InChI=1S/C52H60FN7O6S/c1-31(2)36-7-4-5-8-37(36)45-9-6-20-60(45)34-27-52(28-34)18-21-59(22-19-52)33-10-11-38(46(23-33)66-47-26-39-40(53)12-13-42(39)56-43(47)29-54)50(61)58-67(63,64)35-24-41(55)49-48(25-35)65-30-44(57-49)32-14-16-51(3,62)17-15-32/h4-5,7-8,10-12,23-26,31-32,34,44-45,57,62H,6,9,13-22,27-28,30,55H2,1-3H3,(H,58,61)/t32?,44-,45?,51?/m1/s1. The van der Waals surface area contributed by atoms with E-state index in [1.807, 2.05) is 13.0 Å². The number of aromatic nitrogens is 1. The van der Waals surface area contributed by atoms with Crippen LogP contribution in [0.15, 0.2) is 71.6 Å². The number of fused-ring (bicyclic) bond motifs is 2. The number of sulfonamides is 1. The number of nitriles is 1. The Morgan fingerprint density at radius 3 is 2.55 bits per heavy atom. The number of rotatable bonds is 10. The normalized spacial score (nSPS) is 24.8. The summed E-state index contributed by atoms with van der Waals surface area (Å²) < 4.78 is 57.4. The van der Waals surface area contributed by atoms with E-state index >= 15 is 0 Å². The van der Waals surface area contributed by atoms with E-state index in [1.165, 1.54) is 67.2 Å². The van der Waals surface area contributed by atoms with Gasteiger partial charge in [0.05, 0.1) is 33.5 Å². The number of aliphatic hydroxyl groups is 1. The molecule has 352 valence electrons. The van der Waals surface area contributed by atoms with Crippen molar-refractivity contribution in [2.75, 3.05) is 42.2 Å². The number of hydrogen-bond acceptors (Lipinski definition) is 12. The third-order valence-electron chi connectivity index (χ3n) is 15.7. The van der Waals surface area contributed by atoms with Crippen molar-refractivity contribution >= 4 is 38.8 Å². The van der Waals surface area contributed by atoms with E-state index in [2.05, 4.69) is 62.9 Å². The van der Waals surface area contributed by atoms with Crippen molar-refractivity contribution in [3.05, 3.63) is 100 Å². The lowest BCUT2D eigenvalue weighted by molar-refractivity contribution is -0.0227. The number of carbonyl (C=O) groups is 1. The zero-order chi connectivity index (χ0) is 46.8. The number of piperidine rings is 1. The second-order valence-corrected chi connectivity index (χ2v) is 22.1. The maximum atomic E-state index is 14.9. The van der Waals surface area contributed by atoms with E-state index in [9.17, 15) is 28.0 Å². The third-order valence-corrected chi connectivity index (χ3v) is 17.0. The quantitative estimate of drug-likeness (QED) is 0.111. The fourth-order valence-electron chi connectivity index (χ4n) is 11.8. The number of anilines is 3. The number of carbonyl (C=O) groups excluding carboxylic acids is 1. The van der Waals surface area contributed by atoms with Crippen LogP contribution in [0.2, 0.25) is 0 Å². The van der Waals surface area contributed by atoms with Crippen LogP contribution in [-0.2, 0) is 16.4 Å². The molecule has 4 fully saturated rings. The maximum absolute atomic E-state index is 14.9. The van der Waals surface area contributed by atoms with Gasteiger partial charge >= 0.3 is 0 Å². The monoisotopic (exact) mass is 929 g/mol. The predicted octanol–water partition coefficient (Wildman–Crippen LogP) is 9.14. The molecule has 1 aromatic heterocycles. The second-order valence-electron chi connectivity index (χ2n) is 20.4. The average Bonchev–Trinajstić information content (AvgIpc) is 3.94. The van der Waals surface area contributed by atoms with E-state index in [0.29, 0.717) is 42.2 Å². The maximum Gasteiger partial charge on any atom is 0.268 e. The Morgan fingerprint density at radius 1 is 1.04 bits per heavy atom. The summed E-state index contributed by atoms with van der Waals surface area (Å²) in [5.74, 6) is -0.547. The van der Waals surface area contributed by atoms with Gasteiger partial charge in [-0.25, -0.2) is 22.5 Å². The van der Waals surface area contributed by atoms with Gasteiger partial charge in [0.25, 0.3) is 15.9 Å². The zero-order valence-corrected chi connectivity index (χ0v) is 39.3. The molecule has 13 nitrogen and oxygen atoms in total. The summed E-state index contributed by atoms with van der Waals surface area (Å²) >= 11 is 0. The fraction of sp³-hybridized carbons (Fsp3) is 0.481. The lowest BCUT2D eigenvalue weighted by Gasteiger charge is -2.56. The number of nitrogens with one attached hydrogen (secondary N) is 2. The van der Waals surface area contributed by atoms with Gasteiger partial charge in [-0.3, -0.25) is 9.69 Å². The van der Waals surface area contributed by atoms with E-state index in [-0.39, 0.29) is 75.1 Å². The molecular formula is C52H60FN7O6S. The van der Waals surface area contributed by atoms with E-state index in [1.54, 1.807) is 12.1 Å². The van der Waals surface area contributed by atoms with Crippen molar-refractivity contribution in [1.82, 2.24) is 14.6 Å². The molecule has 4 aromatic rings. The molecule has 10 rings (SSSR count). The summed E-state index contributed by atoms with van der Waals surface area (Å²) in [6.45, 7) is 9.39. The second kappa shape index (κ2) is 17.4. The number of benzene rings is 3. The van der Waals surface area contributed by atoms with Gasteiger partial charge in [-0.1, -0.05) is 38.1 Å². The van der Waals surface area contributed by atoms with Crippen LogP contribution in [0.4, 0.5) is 21.5 Å². The molecule has 2 atom stereocenters. The first-order chi connectivity index (χ1) is 32.1. The SMILES string of the molecule is CC(C)c1ccccc1C1CCCN1C1CC2(CCN(c3ccc(C(=O)NS(=O)(=O)c4cc(N)c5c(c4)OC[C@H](C4CCC(C)(O)CC4)N5)c(Oc4cc5c(nc4C#N)CC=C5F)c3)CC2)C1. The minimum atomic E-state index is -4.51. The molecule has 67 heavy (non-hydrogen) atoms. The third kappa shape index (κ3) is 8.72. The molecule has 1 spiro atoms. The molecule has 5 N–H and O–H groups in total. The summed E-state index contributed by atoms with van der Waals surface area (Å²) in [6.07, 6.45) is 11.4. The number of pyridine rings is 1. The molecule has 3 aromatic carbocycles. The van der Waals surface area contributed by atoms with Crippen molar-refractivity contribution in [2.45, 2.75) is 126 Å². The van der Waals surface area contributed by atoms with Crippen molar-refractivity contribution in [3.63, 3.8) is 0 Å². The van der Waals surface area contributed by atoms with Gasteiger partial charge in [-0.15, -0.1) is 0 Å². The average molecular weight is 930 g/mol. The Morgan fingerprint density at radius 2 is 1.81 bits per heavy atom. The van der Waals surface area contributed by atoms with Gasteiger partial charge < -0.3 is 30.5 Å². The smallest absolute Gasteiger partial charge is 0.268 e. The van der Waals surface area contributed by atoms with Gasteiger partial charge in [0.1, 0.15) is 35.7 Å². The van der Waals surface area contributed by atoms with Crippen LogP contribution in [0, 0.1) is 22.7 Å². The summed E-state index contributed by atoms with van der Waals surface area (Å²) in [7, 11) is -4.51. The Hall–Kier alpha value is -5.69. The summed E-state index contributed by atoms with van der Waals surface area (Å²) in [5, 5.41) is 24.0. The minimum Gasteiger partial charge on any atom is -0.489 e. The lowest BCUT2D eigenvalue weighted by Crippen LogP contribution is -2.54. The number of nitrogens with two attached hydrogens (primary N) is 1. The van der Waals surface area contributed by atoms with Crippen LogP contribution in [0.5, 0.6) is 17.2 Å². The van der Waals surface area contributed by atoms with Crippen LogP contribution in [-0.4, -0.2) is 73.2 Å². The number of likely N-dealkylation sites (tertiary alicyclic amines) is 1. The first kappa shape index (κ1) is 45.1. The van der Waals surface area contributed by atoms with Crippen LogP contribution >= 0.6 is 0 Å². The van der Waals surface area contributed by atoms with Gasteiger partial charge in [0.15, 0.2) is 11.4 Å². The Balaban J connectivity index is 0.865. The van der Waals surface area contributed by atoms with Crippen LogP contribution in [0.25, 0.3) is 5.83 Å². The van der Waals surface area contributed by atoms with Gasteiger partial charge in [0.2, 0.25) is 0 Å². The predicted molar refractivity (Wildman–Crippen MR) is 255 cm³/mol. The summed E-state index contributed by atoms with van der Waals surface area (Å²) in [4.78, 5) is 23.3. The Kier molecular flexibility index (Phi) is 11.7. The molecule has 6 aliphatic rings. The molecule has 15 heteroatoms. The molecule has 4 heterocycles. The largest absolute Gasteiger partial charge is 0.489 e. The first-order valence-electron chi connectivity index (χ1n) is 23.9. The molecule has 3 aliphatic carbocycles. The van der Waals surface area contributed by atoms with Crippen molar-refractivity contribution in [2.24, 2.45) is 11.3 Å². The number of ether oxygens (including phenoxy) is 2. The highest BCUT2D eigenvalue weighted by Crippen LogP contribution is 2.54. The molecule has 0 bridgehead atoms. The summed E-state index contributed by atoms with van der Waals surface area (Å²) in [5.41, 5.74) is 10.8. The highest BCUT2D eigenvalue weighted by molar-refractivity contribution is 7.90. The van der Waals surface area contributed by atoms with Crippen molar-refractivity contribution in [1.29, 1.82) is 5.26 Å². The van der Waals surface area contributed by atoms with Crippen LogP contribution < -0.4 is 30.1 Å². The van der Waals surface area contributed by atoms with Crippen molar-refractivity contribution < 1.29 is 32.2 Å². The van der Waals surface area contributed by atoms with Crippen molar-refractivity contribution in [3.8, 4) is 23.3 Å². The highest BCUT2D eigenvalue weighted by Gasteiger charge is 2.50. The van der Waals surface area contributed by atoms with E-state index in [4.69, 9.17) is 15.2 Å². The molecule has 2 saturated carbocycles. The lowest BCUT2D eigenvalue weighted by atomic mass is 9.59. The van der Waals surface area contributed by atoms with Crippen LogP contribution in [0.1, 0.15) is 135 Å². The number of amides is 1. The highest BCUT2D eigenvalue weighted by atomic mass is 32.2. The van der Waals surface area contributed by atoms with Gasteiger partial charge in [-0.2, -0.15) is 5.26 Å². The first-order valence-corrected chi connectivity index (χ1v) is 25.4. The van der Waals surface area contributed by atoms with E-state index < -0.39 is 27.4 Å². The molecule has 0 radical (unpaired) electrons. The zero-order valence-electron chi connectivity index (χ0n) is 38.5. The topological polar surface area (TPSA) is 183 Å². The number of hydrogen-bond donors (Lipinski definition) is 4. The molecule has 1 amide bonds. The molecular weight excluding hydrogens is 870 g/mol. The van der Waals surface area contributed by atoms with Gasteiger partial charge in [-0.05, 0) is 136 Å². The van der Waals surface area contributed by atoms with Crippen LogP contribution in [0.3, 0.4) is 0 Å². The Bertz CT molecular complexity index is 2780.